The lowest BCUT2D eigenvalue weighted by atomic mass is 9.92. The summed E-state index contributed by atoms with van der Waals surface area (Å²) < 4.78 is 5.39. The Labute approximate surface area is 192 Å². The second-order valence-electron chi connectivity index (χ2n) is 8.42. The topological polar surface area (TPSA) is 116 Å². The molecule has 2 amide bonds. The smallest absolute Gasteiger partial charge is 0.258 e. The van der Waals surface area contributed by atoms with Crippen LogP contribution < -0.4 is 21.1 Å². The lowest BCUT2D eigenvalue weighted by Gasteiger charge is -2.34. The van der Waals surface area contributed by atoms with Crippen LogP contribution in [0.4, 0.5) is 17.5 Å². The fourth-order valence-electron chi connectivity index (χ4n) is 4.36. The highest BCUT2D eigenvalue weighted by Gasteiger charge is 2.35. The van der Waals surface area contributed by atoms with Gasteiger partial charge >= 0.3 is 0 Å². The van der Waals surface area contributed by atoms with Crippen molar-refractivity contribution in [2.24, 2.45) is 0 Å². The molecule has 9 heteroatoms. The number of H-pyrrole nitrogens is 1. The Bertz CT molecular complexity index is 1120. The predicted octanol–water partition coefficient (Wildman–Crippen LogP) is 3.22. The molecule has 2 aromatic rings. The van der Waals surface area contributed by atoms with Gasteiger partial charge in [0, 0.05) is 30.3 Å². The molecule has 9 nitrogen and oxygen atoms in total. The van der Waals surface area contributed by atoms with E-state index in [0.717, 1.165) is 31.4 Å². The largest absolute Gasteiger partial charge is 0.494 e. The Hall–Kier alpha value is -3.62. The first-order valence-corrected chi connectivity index (χ1v) is 11.3. The van der Waals surface area contributed by atoms with Crippen molar-refractivity contribution in [2.75, 3.05) is 28.7 Å². The molecule has 1 aromatic heterocycles. The fourth-order valence-corrected chi connectivity index (χ4v) is 4.36. The third kappa shape index (κ3) is 4.76. The maximum atomic E-state index is 13.1. The van der Waals surface area contributed by atoms with Crippen LogP contribution in [0.1, 0.15) is 56.6 Å². The molecule has 3 N–H and O–H groups in total. The number of anilines is 3. The van der Waals surface area contributed by atoms with E-state index < -0.39 is 17.4 Å². The van der Waals surface area contributed by atoms with Gasteiger partial charge in [-0.15, -0.1) is 0 Å². The number of amides is 2. The number of carbonyl (C=O) groups is 2. The van der Waals surface area contributed by atoms with Crippen LogP contribution in [0.5, 0.6) is 0 Å². The summed E-state index contributed by atoms with van der Waals surface area (Å²) in [6.45, 7) is 9.13. The van der Waals surface area contributed by atoms with Crippen LogP contribution in [0.2, 0.25) is 0 Å². The summed E-state index contributed by atoms with van der Waals surface area (Å²) in [5.74, 6) is -0.583. The minimum Gasteiger partial charge on any atom is -0.494 e. The summed E-state index contributed by atoms with van der Waals surface area (Å²) in [6.07, 6.45) is 3.03. The van der Waals surface area contributed by atoms with Gasteiger partial charge in [0.25, 0.3) is 5.56 Å². The van der Waals surface area contributed by atoms with Crippen molar-refractivity contribution < 1.29 is 14.3 Å². The zero-order chi connectivity index (χ0) is 23.5. The summed E-state index contributed by atoms with van der Waals surface area (Å²) in [5.41, 5.74) is 1.12. The molecule has 2 atom stereocenters. The highest BCUT2D eigenvalue weighted by molar-refractivity contribution is 6.04. The second-order valence-corrected chi connectivity index (χ2v) is 8.42. The van der Waals surface area contributed by atoms with Crippen molar-refractivity contribution in [3.8, 4) is 0 Å². The van der Waals surface area contributed by atoms with Crippen molar-refractivity contribution in [3.05, 3.63) is 52.3 Å². The molecule has 0 radical (unpaired) electrons. The normalized spacial score (nSPS) is 19.9. The van der Waals surface area contributed by atoms with Gasteiger partial charge in [-0.25, -0.2) is 0 Å². The maximum absolute atomic E-state index is 13.1. The van der Waals surface area contributed by atoms with E-state index in [9.17, 15) is 14.4 Å². The molecule has 3 heterocycles. The van der Waals surface area contributed by atoms with E-state index in [2.05, 4.69) is 34.1 Å². The van der Waals surface area contributed by atoms with Gasteiger partial charge in [-0.3, -0.25) is 19.4 Å². The summed E-state index contributed by atoms with van der Waals surface area (Å²) in [4.78, 5) is 47.8. The summed E-state index contributed by atoms with van der Waals surface area (Å²) in [6, 6.07) is 7.26. The van der Waals surface area contributed by atoms with Crippen LogP contribution in [-0.2, 0) is 14.3 Å². The molecule has 1 fully saturated rings. The zero-order valence-electron chi connectivity index (χ0n) is 18.9. The Kier molecular flexibility index (Phi) is 6.48. The monoisotopic (exact) mass is 451 g/mol. The standard InChI is InChI=1S/C24H29N5O4/c1-4-33-15(3)16-8-10-17(11-9-16)25-22(31)18-13-19(30)26-21-20(18)23(32)28-24(27-21)29-12-6-5-7-14(29)2/h8-11,14,18H,3-7,12-13H2,1-2H3,(H,25,31)(H2,26,27,28,30,32). The van der Waals surface area contributed by atoms with E-state index in [1.54, 1.807) is 24.3 Å². The fraction of sp³-hybridized carbons (Fsp3) is 0.417. The van der Waals surface area contributed by atoms with E-state index >= 15 is 0 Å². The van der Waals surface area contributed by atoms with Crippen molar-refractivity contribution in [2.45, 2.75) is 51.5 Å². The molecule has 0 spiro atoms. The van der Waals surface area contributed by atoms with Crippen LogP contribution in [0, 0.1) is 0 Å². The third-order valence-electron chi connectivity index (χ3n) is 6.12. The van der Waals surface area contributed by atoms with Crippen LogP contribution in [0.25, 0.3) is 5.76 Å². The number of hydrogen-bond donors (Lipinski definition) is 3. The molecular formula is C24H29N5O4. The number of rotatable bonds is 6. The lowest BCUT2D eigenvalue weighted by molar-refractivity contribution is -0.123. The van der Waals surface area contributed by atoms with Gasteiger partial charge in [0.15, 0.2) is 0 Å². The number of carbonyl (C=O) groups excluding carboxylic acids is 2. The van der Waals surface area contributed by atoms with Crippen LogP contribution in [-0.4, -0.2) is 41.0 Å². The first-order chi connectivity index (χ1) is 15.9. The van der Waals surface area contributed by atoms with E-state index in [-0.39, 0.29) is 29.8 Å². The van der Waals surface area contributed by atoms with Gasteiger partial charge in [-0.2, -0.15) is 4.98 Å². The third-order valence-corrected chi connectivity index (χ3v) is 6.12. The number of aromatic amines is 1. The Morgan fingerprint density at radius 3 is 2.73 bits per heavy atom. The molecule has 0 bridgehead atoms. The number of hydrogen-bond acceptors (Lipinski definition) is 6. The Balaban J connectivity index is 1.57. The van der Waals surface area contributed by atoms with E-state index in [4.69, 9.17) is 4.74 Å². The summed E-state index contributed by atoms with van der Waals surface area (Å²) in [7, 11) is 0. The highest BCUT2D eigenvalue weighted by Crippen LogP contribution is 2.31. The average Bonchev–Trinajstić information content (AvgIpc) is 2.79. The van der Waals surface area contributed by atoms with Crippen LogP contribution in [0.3, 0.4) is 0 Å². The van der Waals surface area contributed by atoms with Gasteiger partial charge in [-0.1, -0.05) is 6.58 Å². The molecule has 1 saturated heterocycles. The number of ether oxygens (including phenoxy) is 1. The van der Waals surface area contributed by atoms with Crippen molar-refractivity contribution in [1.29, 1.82) is 0 Å². The number of piperidine rings is 1. The minimum absolute atomic E-state index is 0.123. The number of benzene rings is 1. The molecule has 2 aliphatic heterocycles. The van der Waals surface area contributed by atoms with E-state index in [0.29, 0.717) is 24.0 Å². The summed E-state index contributed by atoms with van der Waals surface area (Å²) >= 11 is 0. The van der Waals surface area contributed by atoms with Crippen molar-refractivity contribution >= 4 is 35.0 Å². The maximum Gasteiger partial charge on any atom is 0.258 e. The predicted molar refractivity (Wildman–Crippen MR) is 127 cm³/mol. The SMILES string of the molecule is C=C(OCC)c1ccc(NC(=O)C2CC(=O)Nc3nc(N4CCCCC4C)[nH]c(=O)c32)cc1. The molecule has 0 aliphatic carbocycles. The van der Waals surface area contributed by atoms with Crippen molar-refractivity contribution in [1.82, 2.24) is 9.97 Å². The Morgan fingerprint density at radius 1 is 1.27 bits per heavy atom. The Morgan fingerprint density at radius 2 is 2.03 bits per heavy atom. The summed E-state index contributed by atoms with van der Waals surface area (Å²) in [5, 5.41) is 5.48. The molecule has 0 saturated carbocycles. The van der Waals surface area contributed by atoms with Gasteiger partial charge in [0.1, 0.15) is 11.6 Å². The van der Waals surface area contributed by atoms with Crippen LogP contribution in [0.15, 0.2) is 35.6 Å². The quantitative estimate of drug-likeness (QED) is 0.581. The minimum atomic E-state index is -0.934. The lowest BCUT2D eigenvalue weighted by Crippen LogP contribution is -2.41. The molecule has 4 rings (SSSR count). The first-order valence-electron chi connectivity index (χ1n) is 11.3. The second kappa shape index (κ2) is 9.48. The molecule has 2 aliphatic rings. The molecule has 33 heavy (non-hydrogen) atoms. The van der Waals surface area contributed by atoms with Crippen LogP contribution >= 0.6 is 0 Å². The zero-order valence-corrected chi connectivity index (χ0v) is 18.9. The molecule has 174 valence electrons. The molecule has 2 unspecified atom stereocenters. The average molecular weight is 452 g/mol. The first kappa shape index (κ1) is 22.6. The molecular weight excluding hydrogens is 422 g/mol. The van der Waals surface area contributed by atoms with Crippen molar-refractivity contribution in [3.63, 3.8) is 0 Å². The van der Waals surface area contributed by atoms with Gasteiger partial charge in [-0.05, 0) is 57.4 Å². The van der Waals surface area contributed by atoms with E-state index in [1.807, 2.05) is 11.8 Å². The number of nitrogens with zero attached hydrogens (tertiary/aromatic N) is 2. The van der Waals surface area contributed by atoms with Gasteiger partial charge in [0.05, 0.1) is 18.1 Å². The number of fused-ring (bicyclic) bond motifs is 1. The van der Waals surface area contributed by atoms with Gasteiger partial charge < -0.3 is 20.3 Å². The van der Waals surface area contributed by atoms with E-state index in [1.165, 1.54) is 0 Å². The number of nitrogens with one attached hydrogen (secondary N) is 3. The van der Waals surface area contributed by atoms with Gasteiger partial charge in [0.2, 0.25) is 17.8 Å². The highest BCUT2D eigenvalue weighted by atomic mass is 16.5. The molecule has 1 aromatic carbocycles. The number of aromatic nitrogens is 2.